The van der Waals surface area contributed by atoms with Crippen LogP contribution >= 0.6 is 32.0 Å². The number of hydrogen-bond donors (Lipinski definition) is 3. The number of pyridine rings is 1. The highest BCUT2D eigenvalue weighted by atomic mass is 35.5. The van der Waals surface area contributed by atoms with Gasteiger partial charge >= 0.3 is 20.9 Å². The van der Waals surface area contributed by atoms with Crippen molar-refractivity contribution in [2.75, 3.05) is 69.7 Å². The summed E-state index contributed by atoms with van der Waals surface area (Å²) in [7, 11) is -4.74. The summed E-state index contributed by atoms with van der Waals surface area (Å²) in [5.74, 6) is 3.77. The molecule has 4 rings (SSSR count). The number of aromatic nitrogens is 3. The normalized spacial score (nSPS) is 12.8. The van der Waals surface area contributed by atoms with Crippen molar-refractivity contribution in [3.05, 3.63) is 76.1 Å². The van der Waals surface area contributed by atoms with Crippen LogP contribution in [0.1, 0.15) is 36.8 Å². The van der Waals surface area contributed by atoms with Crippen LogP contribution in [0.5, 0.6) is 0 Å². The molecule has 24 heteroatoms. The molecule has 2 atom stereocenters. The van der Waals surface area contributed by atoms with Gasteiger partial charge in [0, 0.05) is 23.4 Å². The van der Waals surface area contributed by atoms with Crippen LogP contribution in [0.2, 0.25) is 5.02 Å². The topological polar surface area (TPSA) is 184 Å². The molecule has 2 heterocycles. The SMILES string of the molecule is CSC(C)(C)C#Cc1ccc(-c2ccc(Cl)c3c(N(C(=O)OCCOCCOCCOCCOP(O)O)S(C)=O)nn(CC(F)(F)F)c23)c(C(Cc2cc(F)cc(F)c2)NC=O)n1. The fourth-order valence-electron chi connectivity index (χ4n) is 5.77. The number of thioether (sulfide) groups is 1. The van der Waals surface area contributed by atoms with E-state index in [-0.39, 0.29) is 103 Å². The molecule has 0 saturated carbocycles. The van der Waals surface area contributed by atoms with E-state index in [1.807, 2.05) is 20.1 Å². The molecule has 0 radical (unpaired) electrons. The first-order chi connectivity index (χ1) is 29.8. The Hall–Kier alpha value is -4.01. The zero-order chi connectivity index (χ0) is 46.3. The highest BCUT2D eigenvalue weighted by Gasteiger charge is 2.35. The number of benzene rings is 2. The van der Waals surface area contributed by atoms with Gasteiger partial charge in [-0.15, -0.1) is 11.8 Å². The molecule has 63 heavy (non-hydrogen) atoms. The number of alkyl halides is 3. The van der Waals surface area contributed by atoms with Crippen molar-refractivity contribution >= 4 is 72.2 Å². The third kappa shape index (κ3) is 15.9. The maximum absolute atomic E-state index is 14.3. The summed E-state index contributed by atoms with van der Waals surface area (Å²) in [6.45, 7) is 2.28. The van der Waals surface area contributed by atoms with Gasteiger partial charge in [-0.2, -0.15) is 22.6 Å². The Kier molecular flexibility index (Phi) is 19.9. The van der Waals surface area contributed by atoms with Crippen molar-refractivity contribution in [2.24, 2.45) is 0 Å². The molecule has 0 bridgehead atoms. The Balaban J connectivity index is 1.71. The lowest BCUT2D eigenvalue weighted by Crippen LogP contribution is -2.34. The molecule has 0 aliphatic rings. The summed E-state index contributed by atoms with van der Waals surface area (Å²) < 4.78 is 111. The van der Waals surface area contributed by atoms with Crippen LogP contribution in [0.15, 0.2) is 42.5 Å². The van der Waals surface area contributed by atoms with Gasteiger partial charge in [-0.05, 0) is 68.3 Å². The van der Waals surface area contributed by atoms with Crippen LogP contribution in [0.3, 0.4) is 0 Å². The van der Waals surface area contributed by atoms with E-state index in [4.69, 9.17) is 45.3 Å². The van der Waals surface area contributed by atoms with Gasteiger partial charge in [0.05, 0.1) is 78.7 Å². The summed E-state index contributed by atoms with van der Waals surface area (Å²) >= 11 is 8.14. The van der Waals surface area contributed by atoms with Crippen LogP contribution < -0.4 is 9.62 Å². The molecule has 2 amide bonds. The third-order valence-electron chi connectivity index (χ3n) is 8.58. The molecule has 15 nitrogen and oxygen atoms in total. The van der Waals surface area contributed by atoms with Crippen molar-refractivity contribution in [1.82, 2.24) is 20.1 Å². The van der Waals surface area contributed by atoms with Crippen LogP contribution in [0.25, 0.3) is 22.0 Å². The molecule has 0 spiro atoms. The molecule has 3 N–H and O–H groups in total. The third-order valence-corrected chi connectivity index (χ3v) is 11.3. The number of halogens is 6. The van der Waals surface area contributed by atoms with E-state index in [0.29, 0.717) is 21.5 Å². The first-order valence-electron chi connectivity index (χ1n) is 18.7. The minimum Gasteiger partial charge on any atom is -0.446 e. The van der Waals surface area contributed by atoms with E-state index < -0.39 is 66.6 Å². The highest BCUT2D eigenvalue weighted by Crippen LogP contribution is 2.42. The summed E-state index contributed by atoms with van der Waals surface area (Å²) in [4.78, 5) is 47.6. The van der Waals surface area contributed by atoms with Gasteiger partial charge in [0.25, 0.3) is 0 Å². The van der Waals surface area contributed by atoms with Gasteiger partial charge in [-0.25, -0.2) is 22.8 Å². The minimum atomic E-state index is -4.88. The lowest BCUT2D eigenvalue weighted by atomic mass is 9.94. The van der Waals surface area contributed by atoms with E-state index in [0.717, 1.165) is 18.4 Å². The molecule has 4 aromatic rings. The monoisotopic (exact) mass is 967 g/mol. The molecule has 0 aliphatic carbocycles. The van der Waals surface area contributed by atoms with E-state index in [9.17, 15) is 35.8 Å². The Bertz CT molecular complexity index is 2260. The number of carbonyl (C=O) groups excluding carboxylic acids is 2. The zero-order valence-electron chi connectivity index (χ0n) is 34.2. The van der Waals surface area contributed by atoms with E-state index in [1.54, 1.807) is 0 Å². The Labute approximate surface area is 372 Å². The Morgan fingerprint density at radius 2 is 1.60 bits per heavy atom. The Morgan fingerprint density at radius 1 is 1.00 bits per heavy atom. The zero-order valence-corrected chi connectivity index (χ0v) is 37.5. The lowest BCUT2D eigenvalue weighted by Gasteiger charge is -2.21. The molecule has 2 unspecified atom stereocenters. The number of ether oxygens (including phenoxy) is 4. The van der Waals surface area contributed by atoms with E-state index in [1.165, 1.54) is 36.0 Å². The number of rotatable bonds is 23. The molecule has 2 aromatic heterocycles. The predicted octanol–water partition coefficient (Wildman–Crippen LogP) is 6.63. The lowest BCUT2D eigenvalue weighted by molar-refractivity contribution is -0.141. The average molecular weight is 968 g/mol. The largest absolute Gasteiger partial charge is 0.446 e. The van der Waals surface area contributed by atoms with Gasteiger partial charge in [-0.1, -0.05) is 23.6 Å². The summed E-state index contributed by atoms with van der Waals surface area (Å²) in [6, 6.07) is 7.38. The van der Waals surface area contributed by atoms with E-state index >= 15 is 0 Å². The number of fused-ring (bicyclic) bond motifs is 1. The molecule has 2 aromatic carbocycles. The molecular weight excluding hydrogens is 924 g/mol. The molecule has 0 fully saturated rings. The number of nitrogens with zero attached hydrogens (tertiary/aromatic N) is 4. The van der Waals surface area contributed by atoms with Crippen molar-refractivity contribution in [2.45, 2.75) is 43.8 Å². The second kappa shape index (κ2) is 24.3. The molecular formula is C39H44ClF5N5O10PS2. The fraction of sp³-hybridized carbons (Fsp3) is 0.436. The van der Waals surface area contributed by atoms with Gasteiger partial charge in [0.2, 0.25) is 6.41 Å². The van der Waals surface area contributed by atoms with Gasteiger partial charge in [-0.3, -0.25) is 9.48 Å². The van der Waals surface area contributed by atoms with Crippen LogP contribution in [0, 0.1) is 23.5 Å². The first-order valence-corrected chi connectivity index (χ1v) is 23.0. The molecule has 344 valence electrons. The van der Waals surface area contributed by atoms with Crippen LogP contribution in [-0.2, 0) is 52.2 Å². The van der Waals surface area contributed by atoms with Crippen LogP contribution in [-0.4, -0.2) is 118 Å². The maximum Gasteiger partial charge on any atom is 0.427 e. The van der Waals surface area contributed by atoms with Crippen molar-refractivity contribution in [3.8, 4) is 23.0 Å². The molecule has 0 aliphatic heterocycles. The number of hydrogen-bond acceptors (Lipinski definition) is 13. The summed E-state index contributed by atoms with van der Waals surface area (Å²) in [5.41, 5.74) is 0.266. The fourth-order valence-corrected chi connectivity index (χ4v) is 7.03. The number of nitrogens with one attached hydrogen (secondary N) is 1. The number of carbonyl (C=O) groups is 2. The van der Waals surface area contributed by atoms with Crippen molar-refractivity contribution in [1.29, 1.82) is 0 Å². The van der Waals surface area contributed by atoms with Crippen molar-refractivity contribution in [3.63, 3.8) is 0 Å². The predicted molar refractivity (Wildman–Crippen MR) is 228 cm³/mol. The summed E-state index contributed by atoms with van der Waals surface area (Å²) in [5, 5.41) is 6.33. The maximum atomic E-state index is 14.3. The standard InChI is InChI=1S/C39H44ClF5N5O10PS2/c1-38(2,62-3)10-9-28-5-6-29(34(47-28)32(46-24-51)21-25-19-26(41)22-27(42)20-25)30-7-8-31(40)33-35(30)49(23-39(43,44)45)48-36(33)50(63(4)55)37(52)59-17-15-57-13-11-56-12-14-58-16-18-60-61(53)54/h5-8,19-20,22,24,32,53-54H,11-18,21,23H2,1-4H3,(H,46,51). The van der Waals surface area contributed by atoms with Gasteiger partial charge in [0.1, 0.15) is 41.5 Å². The number of amides is 2. The highest BCUT2D eigenvalue weighted by molar-refractivity contribution is 8.00. The second-order valence-corrected chi connectivity index (χ2v) is 17.4. The first kappa shape index (κ1) is 51.6. The van der Waals surface area contributed by atoms with Crippen molar-refractivity contribution < 1.29 is 69.0 Å². The average Bonchev–Trinajstić information content (AvgIpc) is 3.55. The summed E-state index contributed by atoms with van der Waals surface area (Å²) in [6.07, 6.45) is -3.06. The molecule has 0 saturated heterocycles. The smallest absolute Gasteiger partial charge is 0.427 e. The quantitative estimate of drug-likeness (QED) is 0.0237. The van der Waals surface area contributed by atoms with Gasteiger partial charge in [0.15, 0.2) is 5.82 Å². The van der Waals surface area contributed by atoms with E-state index in [2.05, 4.69) is 26.8 Å². The minimum absolute atomic E-state index is 0.00266. The van der Waals surface area contributed by atoms with Crippen LogP contribution in [0.4, 0.5) is 32.6 Å². The Morgan fingerprint density at radius 3 is 2.17 bits per heavy atom. The number of anilines is 1. The van der Waals surface area contributed by atoms with Gasteiger partial charge < -0.3 is 38.6 Å². The second-order valence-electron chi connectivity index (χ2n) is 13.6.